The van der Waals surface area contributed by atoms with Crippen LogP contribution in [0.2, 0.25) is 0 Å². The van der Waals surface area contributed by atoms with Gasteiger partial charge in [0.2, 0.25) is 0 Å². The predicted molar refractivity (Wildman–Crippen MR) is 56.0 cm³/mol. The standard InChI is InChI=1S/C8H19N3O2S/c1-3-10(2)14(12,13)11-6-4-5-8(9)7-11/h8H,3-7,9H2,1-2H3/t8-/m1/s1. The molecule has 1 atom stereocenters. The minimum atomic E-state index is -3.26. The van der Waals surface area contributed by atoms with Crippen LogP contribution in [0.3, 0.4) is 0 Å². The van der Waals surface area contributed by atoms with Crippen molar-refractivity contribution in [3.05, 3.63) is 0 Å². The van der Waals surface area contributed by atoms with Crippen LogP contribution in [0.15, 0.2) is 0 Å². The number of hydrogen-bond donors (Lipinski definition) is 1. The van der Waals surface area contributed by atoms with Crippen molar-refractivity contribution in [2.75, 3.05) is 26.7 Å². The first-order valence-corrected chi connectivity index (χ1v) is 6.35. The molecule has 2 N–H and O–H groups in total. The van der Waals surface area contributed by atoms with E-state index in [2.05, 4.69) is 0 Å². The van der Waals surface area contributed by atoms with Gasteiger partial charge in [-0.1, -0.05) is 6.92 Å². The molecule has 0 aromatic heterocycles. The molecule has 0 aromatic rings. The molecular weight excluding hydrogens is 202 g/mol. The van der Waals surface area contributed by atoms with Gasteiger partial charge >= 0.3 is 0 Å². The third-order valence-corrected chi connectivity index (χ3v) is 4.62. The molecule has 1 heterocycles. The molecule has 1 rings (SSSR count). The normalized spacial score (nSPS) is 25.6. The van der Waals surface area contributed by atoms with Gasteiger partial charge in [-0.25, -0.2) is 0 Å². The molecule has 84 valence electrons. The summed E-state index contributed by atoms with van der Waals surface area (Å²) < 4.78 is 26.5. The summed E-state index contributed by atoms with van der Waals surface area (Å²) in [6.07, 6.45) is 1.78. The largest absolute Gasteiger partial charge is 0.327 e. The monoisotopic (exact) mass is 221 g/mol. The Kier molecular flexibility index (Phi) is 3.88. The zero-order valence-corrected chi connectivity index (χ0v) is 9.63. The summed E-state index contributed by atoms with van der Waals surface area (Å²) in [6, 6.07) is -0.0104. The Morgan fingerprint density at radius 2 is 2.21 bits per heavy atom. The second-order valence-electron chi connectivity index (χ2n) is 3.68. The van der Waals surface area contributed by atoms with Crippen molar-refractivity contribution in [2.45, 2.75) is 25.8 Å². The van der Waals surface area contributed by atoms with E-state index in [4.69, 9.17) is 5.73 Å². The number of rotatable bonds is 3. The van der Waals surface area contributed by atoms with Gasteiger partial charge in [-0.15, -0.1) is 0 Å². The lowest BCUT2D eigenvalue weighted by atomic mass is 10.1. The highest BCUT2D eigenvalue weighted by Gasteiger charge is 2.29. The van der Waals surface area contributed by atoms with E-state index in [1.165, 1.54) is 8.61 Å². The predicted octanol–water partition coefficient (Wildman–Crippen LogP) is -0.394. The maximum atomic E-state index is 11.9. The van der Waals surface area contributed by atoms with E-state index in [-0.39, 0.29) is 6.04 Å². The average molecular weight is 221 g/mol. The Morgan fingerprint density at radius 1 is 1.57 bits per heavy atom. The van der Waals surface area contributed by atoms with Gasteiger partial charge < -0.3 is 5.73 Å². The number of hydrogen-bond acceptors (Lipinski definition) is 3. The smallest absolute Gasteiger partial charge is 0.281 e. The molecule has 0 radical (unpaired) electrons. The van der Waals surface area contributed by atoms with E-state index in [9.17, 15) is 8.42 Å². The number of piperidine rings is 1. The first kappa shape index (κ1) is 11.9. The molecule has 0 spiro atoms. The lowest BCUT2D eigenvalue weighted by Gasteiger charge is -2.32. The quantitative estimate of drug-likeness (QED) is 0.705. The van der Waals surface area contributed by atoms with Gasteiger partial charge in [-0.2, -0.15) is 17.0 Å². The summed E-state index contributed by atoms with van der Waals surface area (Å²) >= 11 is 0. The lowest BCUT2D eigenvalue weighted by Crippen LogP contribution is -2.50. The van der Waals surface area contributed by atoms with Crippen LogP contribution in [0.1, 0.15) is 19.8 Å². The van der Waals surface area contributed by atoms with Crippen LogP contribution in [0, 0.1) is 0 Å². The highest BCUT2D eigenvalue weighted by Crippen LogP contribution is 2.14. The van der Waals surface area contributed by atoms with Crippen LogP contribution < -0.4 is 5.73 Å². The fourth-order valence-corrected chi connectivity index (χ4v) is 3.00. The van der Waals surface area contributed by atoms with Crippen molar-refractivity contribution >= 4 is 10.2 Å². The lowest BCUT2D eigenvalue weighted by molar-refractivity contribution is 0.294. The van der Waals surface area contributed by atoms with Crippen LogP contribution in [0.25, 0.3) is 0 Å². The van der Waals surface area contributed by atoms with Crippen molar-refractivity contribution in [2.24, 2.45) is 5.73 Å². The molecule has 1 fully saturated rings. The number of nitrogens with zero attached hydrogens (tertiary/aromatic N) is 2. The molecule has 0 saturated carbocycles. The molecular formula is C8H19N3O2S. The van der Waals surface area contributed by atoms with E-state index in [0.29, 0.717) is 19.6 Å². The van der Waals surface area contributed by atoms with Gasteiger partial charge in [0.05, 0.1) is 0 Å². The molecule has 1 aliphatic rings. The Labute approximate surface area is 86.0 Å². The zero-order chi connectivity index (χ0) is 10.8. The summed E-state index contributed by atoms with van der Waals surface area (Å²) in [6.45, 7) is 3.36. The van der Waals surface area contributed by atoms with Gasteiger partial charge in [0.1, 0.15) is 0 Å². The Hall–Kier alpha value is -0.170. The molecule has 14 heavy (non-hydrogen) atoms. The maximum Gasteiger partial charge on any atom is 0.281 e. The molecule has 1 saturated heterocycles. The third-order valence-electron chi connectivity index (χ3n) is 2.59. The second-order valence-corrected chi connectivity index (χ2v) is 5.72. The summed E-state index contributed by atoms with van der Waals surface area (Å²) in [5.41, 5.74) is 5.74. The maximum absolute atomic E-state index is 11.9. The summed E-state index contributed by atoms with van der Waals surface area (Å²) in [7, 11) is -1.67. The Balaban J connectivity index is 2.72. The summed E-state index contributed by atoms with van der Waals surface area (Å²) in [5.74, 6) is 0. The average Bonchev–Trinajstić information content (AvgIpc) is 2.16. The number of nitrogens with two attached hydrogens (primary N) is 1. The Morgan fingerprint density at radius 3 is 2.71 bits per heavy atom. The van der Waals surface area contributed by atoms with Gasteiger partial charge in [0, 0.05) is 32.7 Å². The van der Waals surface area contributed by atoms with Gasteiger partial charge in [0.25, 0.3) is 10.2 Å². The molecule has 0 aliphatic carbocycles. The van der Waals surface area contributed by atoms with E-state index in [1.807, 2.05) is 6.92 Å². The third kappa shape index (κ3) is 2.44. The highest BCUT2D eigenvalue weighted by molar-refractivity contribution is 7.86. The molecule has 5 nitrogen and oxygen atoms in total. The fraction of sp³-hybridized carbons (Fsp3) is 1.00. The Bertz CT molecular complexity index is 278. The minimum absolute atomic E-state index is 0.0104. The molecule has 6 heteroatoms. The van der Waals surface area contributed by atoms with Crippen LogP contribution in [0.4, 0.5) is 0 Å². The van der Waals surface area contributed by atoms with Crippen molar-refractivity contribution in [1.29, 1.82) is 0 Å². The minimum Gasteiger partial charge on any atom is -0.327 e. The van der Waals surface area contributed by atoms with E-state index in [0.717, 1.165) is 12.8 Å². The highest BCUT2D eigenvalue weighted by atomic mass is 32.2. The van der Waals surface area contributed by atoms with Gasteiger partial charge in [-0.05, 0) is 12.8 Å². The molecule has 0 bridgehead atoms. The summed E-state index contributed by atoms with van der Waals surface area (Å²) in [4.78, 5) is 0. The van der Waals surface area contributed by atoms with Crippen molar-refractivity contribution in [3.8, 4) is 0 Å². The topological polar surface area (TPSA) is 66.6 Å². The SMILES string of the molecule is CCN(C)S(=O)(=O)N1CCC[C@@H](N)C1. The van der Waals surface area contributed by atoms with Crippen molar-refractivity contribution in [3.63, 3.8) is 0 Å². The van der Waals surface area contributed by atoms with Crippen LogP contribution in [-0.2, 0) is 10.2 Å². The first-order valence-electron chi connectivity index (χ1n) is 4.95. The summed E-state index contributed by atoms with van der Waals surface area (Å²) in [5, 5.41) is 0. The first-order chi connectivity index (χ1) is 6.48. The van der Waals surface area contributed by atoms with Crippen LogP contribution >= 0.6 is 0 Å². The second kappa shape index (κ2) is 4.57. The van der Waals surface area contributed by atoms with Crippen LogP contribution in [-0.4, -0.2) is 49.8 Å². The van der Waals surface area contributed by atoms with Crippen molar-refractivity contribution < 1.29 is 8.42 Å². The van der Waals surface area contributed by atoms with E-state index in [1.54, 1.807) is 7.05 Å². The molecule has 1 aliphatic heterocycles. The van der Waals surface area contributed by atoms with Crippen LogP contribution in [0.5, 0.6) is 0 Å². The van der Waals surface area contributed by atoms with Gasteiger partial charge in [0.15, 0.2) is 0 Å². The van der Waals surface area contributed by atoms with E-state index >= 15 is 0 Å². The zero-order valence-electron chi connectivity index (χ0n) is 8.81. The van der Waals surface area contributed by atoms with Crippen molar-refractivity contribution in [1.82, 2.24) is 8.61 Å². The van der Waals surface area contributed by atoms with Gasteiger partial charge in [-0.3, -0.25) is 0 Å². The molecule has 0 amide bonds. The molecule has 0 unspecified atom stereocenters. The van der Waals surface area contributed by atoms with E-state index < -0.39 is 10.2 Å². The molecule has 0 aromatic carbocycles. The fourth-order valence-electron chi connectivity index (χ4n) is 1.54.